The minimum absolute atomic E-state index is 0.456. The van der Waals surface area contributed by atoms with Crippen LogP contribution in [-0.4, -0.2) is 22.9 Å². The second kappa shape index (κ2) is 6.78. The van der Waals surface area contributed by atoms with E-state index in [9.17, 15) is 13.2 Å². The summed E-state index contributed by atoms with van der Waals surface area (Å²) in [7, 11) is 0. The molecule has 0 aromatic carbocycles. The fourth-order valence-corrected chi connectivity index (χ4v) is 1.59. The molecule has 18 heavy (non-hydrogen) atoms. The lowest BCUT2D eigenvalue weighted by Gasteiger charge is -2.07. The first kappa shape index (κ1) is 15.0. The lowest BCUT2D eigenvalue weighted by atomic mass is 10.1. The van der Waals surface area contributed by atoms with Crippen molar-refractivity contribution in [1.82, 2.24) is 15.1 Å². The molecule has 3 nitrogen and oxygen atoms in total. The van der Waals surface area contributed by atoms with Crippen molar-refractivity contribution in [2.45, 2.75) is 39.4 Å². The molecule has 1 aromatic rings. The van der Waals surface area contributed by atoms with Crippen LogP contribution in [0.25, 0.3) is 0 Å². The fourth-order valence-electron chi connectivity index (χ4n) is 1.59. The van der Waals surface area contributed by atoms with Gasteiger partial charge < -0.3 is 5.32 Å². The van der Waals surface area contributed by atoms with Crippen molar-refractivity contribution in [3.8, 4) is 0 Å². The maximum atomic E-state index is 12.3. The molecule has 1 N–H and O–H groups in total. The van der Waals surface area contributed by atoms with Gasteiger partial charge in [-0.15, -0.1) is 0 Å². The van der Waals surface area contributed by atoms with Gasteiger partial charge in [0.25, 0.3) is 0 Å². The molecule has 0 fully saturated rings. The van der Waals surface area contributed by atoms with E-state index in [-0.39, 0.29) is 0 Å². The molecule has 0 aliphatic carbocycles. The number of nitrogens with one attached hydrogen (secondary N) is 1. The zero-order valence-corrected chi connectivity index (χ0v) is 10.8. The van der Waals surface area contributed by atoms with E-state index in [2.05, 4.69) is 24.3 Å². The van der Waals surface area contributed by atoms with Gasteiger partial charge in [0.2, 0.25) is 0 Å². The van der Waals surface area contributed by atoms with E-state index in [1.807, 2.05) is 0 Å². The number of nitrogens with zero attached hydrogens (tertiary/aromatic N) is 2. The Bertz CT molecular complexity index is 345. The first-order valence-electron chi connectivity index (χ1n) is 6.21. The van der Waals surface area contributed by atoms with Crippen LogP contribution in [0.15, 0.2) is 12.3 Å². The van der Waals surface area contributed by atoms with E-state index in [0.29, 0.717) is 19.0 Å². The van der Waals surface area contributed by atoms with Crippen LogP contribution in [0.5, 0.6) is 0 Å². The van der Waals surface area contributed by atoms with Gasteiger partial charge in [-0.25, -0.2) is 0 Å². The Labute approximate surface area is 105 Å². The summed E-state index contributed by atoms with van der Waals surface area (Å²) >= 11 is 0. The summed E-state index contributed by atoms with van der Waals surface area (Å²) in [6.45, 7) is 6.32. The van der Waals surface area contributed by atoms with Gasteiger partial charge in [0.05, 0.1) is 6.54 Å². The smallest absolute Gasteiger partial charge is 0.315 e. The summed E-state index contributed by atoms with van der Waals surface area (Å²) < 4.78 is 38.1. The van der Waals surface area contributed by atoms with Crippen LogP contribution in [-0.2, 0) is 12.7 Å². The van der Waals surface area contributed by atoms with Crippen molar-refractivity contribution < 1.29 is 13.2 Å². The summed E-state index contributed by atoms with van der Waals surface area (Å²) in [5.41, 5.74) is -0.831. The molecule has 0 bridgehead atoms. The molecule has 0 radical (unpaired) electrons. The molecule has 1 rings (SSSR count). The van der Waals surface area contributed by atoms with Gasteiger partial charge in [-0.2, -0.15) is 18.3 Å². The second-order valence-electron chi connectivity index (χ2n) is 4.75. The minimum Gasteiger partial charge on any atom is -0.315 e. The molecule has 6 heteroatoms. The molecule has 1 heterocycles. The van der Waals surface area contributed by atoms with E-state index in [4.69, 9.17) is 0 Å². The zero-order valence-electron chi connectivity index (χ0n) is 10.8. The Balaban J connectivity index is 2.18. The third-order valence-corrected chi connectivity index (χ3v) is 2.58. The Morgan fingerprint density at radius 3 is 2.61 bits per heavy atom. The number of aromatic nitrogens is 2. The monoisotopic (exact) mass is 263 g/mol. The Morgan fingerprint density at radius 1 is 1.33 bits per heavy atom. The fraction of sp³-hybridized carbons (Fsp3) is 0.750. The molecule has 0 atom stereocenters. The van der Waals surface area contributed by atoms with Gasteiger partial charge in [-0.1, -0.05) is 13.8 Å². The van der Waals surface area contributed by atoms with Crippen molar-refractivity contribution in [3.05, 3.63) is 18.0 Å². The molecular formula is C12H20F3N3. The SMILES string of the molecule is CC(C)CCCNCCn1ccc(C(F)(F)F)n1. The maximum absolute atomic E-state index is 12.3. The highest BCUT2D eigenvalue weighted by Crippen LogP contribution is 2.27. The van der Waals surface area contributed by atoms with Crippen molar-refractivity contribution >= 4 is 0 Å². The molecule has 0 aliphatic rings. The highest BCUT2D eigenvalue weighted by atomic mass is 19.4. The number of halogens is 3. The van der Waals surface area contributed by atoms with E-state index in [1.165, 1.54) is 10.9 Å². The second-order valence-corrected chi connectivity index (χ2v) is 4.75. The number of hydrogen-bond acceptors (Lipinski definition) is 2. The van der Waals surface area contributed by atoms with Gasteiger partial charge in [-0.3, -0.25) is 4.68 Å². The van der Waals surface area contributed by atoms with Crippen molar-refractivity contribution in [3.63, 3.8) is 0 Å². The van der Waals surface area contributed by atoms with Crippen LogP contribution in [0, 0.1) is 5.92 Å². The average Bonchev–Trinajstić information content (AvgIpc) is 2.71. The third-order valence-electron chi connectivity index (χ3n) is 2.58. The van der Waals surface area contributed by atoms with Crippen LogP contribution in [0.1, 0.15) is 32.4 Å². The highest BCUT2D eigenvalue weighted by molar-refractivity contribution is 5.03. The normalized spacial score (nSPS) is 12.3. The van der Waals surface area contributed by atoms with Crippen LogP contribution in [0.2, 0.25) is 0 Å². The largest absolute Gasteiger partial charge is 0.435 e. The lowest BCUT2D eigenvalue weighted by molar-refractivity contribution is -0.141. The lowest BCUT2D eigenvalue weighted by Crippen LogP contribution is -2.21. The van der Waals surface area contributed by atoms with Crippen molar-refractivity contribution in [2.24, 2.45) is 5.92 Å². The van der Waals surface area contributed by atoms with Crippen LogP contribution in [0.3, 0.4) is 0 Å². The van der Waals surface area contributed by atoms with Crippen molar-refractivity contribution in [1.29, 1.82) is 0 Å². The number of hydrogen-bond donors (Lipinski definition) is 1. The Hall–Kier alpha value is -1.04. The van der Waals surface area contributed by atoms with Crippen LogP contribution in [0.4, 0.5) is 13.2 Å². The highest BCUT2D eigenvalue weighted by Gasteiger charge is 2.33. The van der Waals surface area contributed by atoms with E-state index >= 15 is 0 Å². The van der Waals surface area contributed by atoms with Gasteiger partial charge in [0.15, 0.2) is 5.69 Å². The summed E-state index contributed by atoms with van der Waals surface area (Å²) in [4.78, 5) is 0. The molecule has 0 spiro atoms. The van der Waals surface area contributed by atoms with Gasteiger partial charge in [0, 0.05) is 12.7 Å². The van der Waals surface area contributed by atoms with Gasteiger partial charge in [0.1, 0.15) is 0 Å². The number of alkyl halides is 3. The predicted octanol–water partition coefficient (Wildman–Crippen LogP) is 2.93. The Kier molecular flexibility index (Phi) is 5.65. The Morgan fingerprint density at radius 2 is 2.06 bits per heavy atom. The third kappa shape index (κ3) is 5.53. The molecule has 104 valence electrons. The molecule has 0 amide bonds. The molecular weight excluding hydrogens is 243 g/mol. The van der Waals surface area contributed by atoms with E-state index in [1.54, 1.807) is 0 Å². The standard InChI is InChI=1S/C12H20F3N3/c1-10(2)4-3-6-16-7-9-18-8-5-11(17-18)12(13,14)15/h5,8,10,16H,3-4,6-7,9H2,1-2H3. The molecule has 0 saturated heterocycles. The first-order chi connectivity index (χ1) is 8.39. The average molecular weight is 263 g/mol. The van der Waals surface area contributed by atoms with E-state index < -0.39 is 11.9 Å². The minimum atomic E-state index is -4.35. The summed E-state index contributed by atoms with van der Waals surface area (Å²) in [6.07, 6.45) is -0.744. The summed E-state index contributed by atoms with van der Waals surface area (Å²) in [5.74, 6) is 0.687. The van der Waals surface area contributed by atoms with Crippen molar-refractivity contribution in [2.75, 3.05) is 13.1 Å². The molecule has 0 aliphatic heterocycles. The summed E-state index contributed by atoms with van der Waals surface area (Å²) in [5, 5.41) is 6.67. The molecule has 1 aromatic heterocycles. The summed E-state index contributed by atoms with van der Waals surface area (Å²) in [6, 6.07) is 0.999. The predicted molar refractivity (Wildman–Crippen MR) is 64.2 cm³/mol. The number of rotatable bonds is 7. The first-order valence-corrected chi connectivity index (χ1v) is 6.21. The zero-order chi connectivity index (χ0) is 13.6. The maximum Gasteiger partial charge on any atom is 0.435 e. The van der Waals surface area contributed by atoms with Gasteiger partial charge >= 0.3 is 6.18 Å². The van der Waals surface area contributed by atoms with Crippen LogP contribution >= 0.6 is 0 Å². The van der Waals surface area contributed by atoms with E-state index in [0.717, 1.165) is 25.5 Å². The molecule has 0 unspecified atom stereocenters. The molecule has 0 saturated carbocycles. The quantitative estimate of drug-likeness (QED) is 0.766. The van der Waals surface area contributed by atoms with Gasteiger partial charge in [-0.05, 0) is 31.4 Å². The topological polar surface area (TPSA) is 29.9 Å². The van der Waals surface area contributed by atoms with Crippen LogP contribution < -0.4 is 5.32 Å².